The third-order valence-electron chi connectivity index (χ3n) is 5.79. The molecule has 3 rings (SSSR count). The molecule has 1 aromatic carbocycles. The molecule has 0 aromatic heterocycles. The van der Waals surface area contributed by atoms with Crippen LogP contribution in [0.15, 0.2) is 24.3 Å². The number of benzene rings is 1. The summed E-state index contributed by atoms with van der Waals surface area (Å²) in [6.07, 6.45) is 11.4. The summed E-state index contributed by atoms with van der Waals surface area (Å²) in [6.45, 7) is 0. The second kappa shape index (κ2) is 6.96. The highest BCUT2D eigenvalue weighted by Crippen LogP contribution is 2.43. The highest BCUT2D eigenvalue weighted by molar-refractivity contribution is 6.30. The Morgan fingerprint density at radius 2 is 1.33 bits per heavy atom. The van der Waals surface area contributed by atoms with Crippen molar-refractivity contribution in [2.75, 3.05) is 0 Å². The van der Waals surface area contributed by atoms with E-state index in [1.54, 1.807) is 0 Å². The summed E-state index contributed by atoms with van der Waals surface area (Å²) in [5, 5.41) is 0.833. The molecule has 0 spiro atoms. The van der Waals surface area contributed by atoms with Crippen molar-refractivity contribution >= 4 is 17.9 Å². The molecular weight excluding hydrogens is 280 g/mol. The molecule has 0 amide bonds. The minimum atomic E-state index is 0.353. The Bertz CT molecular complexity index is 451. The lowest BCUT2D eigenvalue weighted by atomic mass is 9.68. The maximum Gasteiger partial charge on any atom is 0.123 e. The molecule has 21 heavy (non-hydrogen) atoms. The van der Waals surface area contributed by atoms with Crippen LogP contribution in [0.5, 0.6) is 0 Å². The molecule has 1 aromatic rings. The first-order valence-electron chi connectivity index (χ1n) is 8.47. The lowest BCUT2D eigenvalue weighted by molar-refractivity contribution is -0.112. The third-order valence-corrected chi connectivity index (χ3v) is 6.04. The summed E-state index contributed by atoms with van der Waals surface area (Å²) in [5.41, 5.74) is 1.46. The predicted molar refractivity (Wildman–Crippen MR) is 87.7 cm³/mol. The molecular formula is C19H25ClO. The molecule has 0 aliphatic heterocycles. The molecule has 2 heteroatoms. The number of halogens is 1. The normalized spacial score (nSPS) is 33.6. The summed E-state index contributed by atoms with van der Waals surface area (Å²) >= 11 is 5.97. The van der Waals surface area contributed by atoms with Crippen LogP contribution in [0.2, 0.25) is 5.02 Å². The monoisotopic (exact) mass is 304 g/mol. The van der Waals surface area contributed by atoms with Crippen LogP contribution in [-0.2, 0) is 4.79 Å². The number of aldehydes is 1. The van der Waals surface area contributed by atoms with Crippen LogP contribution < -0.4 is 0 Å². The number of rotatable bonds is 3. The summed E-state index contributed by atoms with van der Waals surface area (Å²) in [4.78, 5) is 10.9. The fraction of sp³-hybridized carbons (Fsp3) is 0.632. The SMILES string of the molecule is O=CC1CCC(C2CCC(c3ccc(Cl)cc3)CC2)CC1. The molecule has 0 atom stereocenters. The Morgan fingerprint density at radius 3 is 1.86 bits per heavy atom. The van der Waals surface area contributed by atoms with Gasteiger partial charge in [-0.1, -0.05) is 23.7 Å². The van der Waals surface area contributed by atoms with Gasteiger partial charge in [0.25, 0.3) is 0 Å². The minimum absolute atomic E-state index is 0.353. The predicted octanol–water partition coefficient (Wildman–Crippen LogP) is 5.62. The standard InChI is InChI=1S/C19H25ClO/c20-19-11-9-18(10-12-19)17-7-5-16(6-8-17)15-3-1-14(13-21)2-4-15/h9-17H,1-8H2. The Labute approximate surface area is 133 Å². The van der Waals surface area contributed by atoms with E-state index in [1.165, 1.54) is 50.4 Å². The van der Waals surface area contributed by atoms with E-state index in [2.05, 4.69) is 12.1 Å². The van der Waals surface area contributed by atoms with Crippen LogP contribution in [0.4, 0.5) is 0 Å². The van der Waals surface area contributed by atoms with Crippen molar-refractivity contribution in [2.24, 2.45) is 17.8 Å². The molecule has 0 unspecified atom stereocenters. The van der Waals surface area contributed by atoms with Crippen LogP contribution in [0.3, 0.4) is 0 Å². The summed E-state index contributed by atoms with van der Waals surface area (Å²) < 4.78 is 0. The van der Waals surface area contributed by atoms with E-state index in [4.69, 9.17) is 11.6 Å². The van der Waals surface area contributed by atoms with Crippen LogP contribution in [0.25, 0.3) is 0 Å². The Hall–Kier alpha value is -0.820. The summed E-state index contributed by atoms with van der Waals surface area (Å²) in [5.74, 6) is 2.87. The van der Waals surface area contributed by atoms with Gasteiger partial charge in [0, 0.05) is 10.9 Å². The Kier molecular flexibility index (Phi) is 5.00. The first kappa shape index (κ1) is 15.1. The largest absolute Gasteiger partial charge is 0.303 e. The maximum atomic E-state index is 10.9. The molecule has 0 radical (unpaired) electrons. The smallest absolute Gasteiger partial charge is 0.123 e. The van der Waals surface area contributed by atoms with E-state index in [1.807, 2.05) is 12.1 Å². The van der Waals surface area contributed by atoms with Crippen molar-refractivity contribution in [3.8, 4) is 0 Å². The van der Waals surface area contributed by atoms with Gasteiger partial charge in [0.15, 0.2) is 0 Å². The van der Waals surface area contributed by atoms with Gasteiger partial charge in [-0.15, -0.1) is 0 Å². The number of hydrogen-bond acceptors (Lipinski definition) is 1. The number of hydrogen-bond donors (Lipinski definition) is 0. The lowest BCUT2D eigenvalue weighted by Crippen LogP contribution is -2.25. The lowest BCUT2D eigenvalue weighted by Gasteiger charge is -2.37. The number of carbonyl (C=O) groups excluding carboxylic acids is 1. The second-order valence-electron chi connectivity index (χ2n) is 6.97. The first-order valence-corrected chi connectivity index (χ1v) is 8.85. The van der Waals surface area contributed by atoms with Crippen molar-refractivity contribution in [1.29, 1.82) is 0 Å². The van der Waals surface area contributed by atoms with Crippen molar-refractivity contribution in [1.82, 2.24) is 0 Å². The van der Waals surface area contributed by atoms with Gasteiger partial charge in [-0.25, -0.2) is 0 Å². The molecule has 0 heterocycles. The van der Waals surface area contributed by atoms with Crippen molar-refractivity contribution in [3.05, 3.63) is 34.9 Å². The van der Waals surface area contributed by atoms with Crippen LogP contribution in [-0.4, -0.2) is 6.29 Å². The van der Waals surface area contributed by atoms with Gasteiger partial charge in [-0.05, 0) is 86.8 Å². The van der Waals surface area contributed by atoms with Crippen LogP contribution in [0, 0.1) is 17.8 Å². The van der Waals surface area contributed by atoms with Crippen molar-refractivity contribution in [3.63, 3.8) is 0 Å². The highest BCUT2D eigenvalue weighted by Gasteiger charge is 2.31. The zero-order chi connectivity index (χ0) is 14.7. The van der Waals surface area contributed by atoms with Crippen LogP contribution >= 0.6 is 11.6 Å². The Morgan fingerprint density at radius 1 is 0.810 bits per heavy atom. The highest BCUT2D eigenvalue weighted by atomic mass is 35.5. The fourth-order valence-electron chi connectivity index (χ4n) is 4.41. The zero-order valence-corrected chi connectivity index (χ0v) is 13.4. The first-order chi connectivity index (χ1) is 10.3. The minimum Gasteiger partial charge on any atom is -0.303 e. The Balaban J connectivity index is 1.51. The molecule has 2 saturated carbocycles. The number of carbonyl (C=O) groups is 1. The molecule has 114 valence electrons. The van der Waals surface area contributed by atoms with Gasteiger partial charge in [0.05, 0.1) is 0 Å². The molecule has 0 N–H and O–H groups in total. The molecule has 0 bridgehead atoms. The molecule has 2 fully saturated rings. The average Bonchev–Trinajstić information content (AvgIpc) is 2.56. The second-order valence-corrected chi connectivity index (χ2v) is 7.41. The van der Waals surface area contributed by atoms with E-state index in [9.17, 15) is 4.79 Å². The van der Waals surface area contributed by atoms with Gasteiger partial charge < -0.3 is 4.79 Å². The van der Waals surface area contributed by atoms with E-state index in [0.29, 0.717) is 5.92 Å². The van der Waals surface area contributed by atoms with Gasteiger partial charge in [0.2, 0.25) is 0 Å². The fourth-order valence-corrected chi connectivity index (χ4v) is 4.54. The summed E-state index contributed by atoms with van der Waals surface area (Å²) in [6, 6.07) is 8.43. The molecule has 0 saturated heterocycles. The van der Waals surface area contributed by atoms with Crippen molar-refractivity contribution in [2.45, 2.75) is 57.3 Å². The van der Waals surface area contributed by atoms with Gasteiger partial charge in [-0.3, -0.25) is 0 Å². The van der Waals surface area contributed by atoms with Gasteiger partial charge in [-0.2, -0.15) is 0 Å². The zero-order valence-electron chi connectivity index (χ0n) is 12.6. The van der Waals surface area contributed by atoms with E-state index < -0.39 is 0 Å². The molecule has 1 nitrogen and oxygen atoms in total. The third kappa shape index (κ3) is 3.69. The summed E-state index contributed by atoms with van der Waals surface area (Å²) in [7, 11) is 0. The van der Waals surface area contributed by atoms with Crippen LogP contribution in [0.1, 0.15) is 62.8 Å². The molecule has 2 aliphatic carbocycles. The van der Waals surface area contributed by atoms with Crippen molar-refractivity contribution < 1.29 is 4.79 Å². The quantitative estimate of drug-likeness (QED) is 0.662. The van der Waals surface area contributed by atoms with Gasteiger partial charge in [0.1, 0.15) is 6.29 Å². The van der Waals surface area contributed by atoms with E-state index in [-0.39, 0.29) is 0 Å². The topological polar surface area (TPSA) is 17.1 Å². The maximum absolute atomic E-state index is 10.9. The van der Waals surface area contributed by atoms with Gasteiger partial charge >= 0.3 is 0 Å². The molecule has 2 aliphatic rings. The average molecular weight is 305 g/mol. The van der Waals surface area contributed by atoms with E-state index in [0.717, 1.165) is 35.6 Å². The van der Waals surface area contributed by atoms with E-state index >= 15 is 0 Å².